The molecule has 2 aromatic rings. The van der Waals surface area contributed by atoms with Gasteiger partial charge in [0, 0.05) is 23.8 Å². The lowest BCUT2D eigenvalue weighted by atomic mass is 10.1. The Morgan fingerprint density at radius 1 is 1.26 bits per heavy atom. The third kappa shape index (κ3) is 2.75. The molecule has 1 heterocycles. The van der Waals surface area contributed by atoms with Gasteiger partial charge in [0.25, 0.3) is 0 Å². The Labute approximate surface area is 110 Å². The second kappa shape index (κ2) is 5.38. The van der Waals surface area contributed by atoms with E-state index in [1.54, 1.807) is 13.1 Å². The molecule has 0 fully saturated rings. The smallest absolute Gasteiger partial charge is 0.387 e. The summed E-state index contributed by atoms with van der Waals surface area (Å²) >= 11 is 0. The van der Waals surface area contributed by atoms with E-state index < -0.39 is 6.61 Å². The van der Waals surface area contributed by atoms with Crippen molar-refractivity contribution in [1.82, 2.24) is 4.98 Å². The minimum Gasteiger partial charge on any atom is -0.432 e. The molecule has 0 radical (unpaired) electrons. The van der Waals surface area contributed by atoms with E-state index in [0.717, 1.165) is 16.8 Å². The van der Waals surface area contributed by atoms with Crippen molar-refractivity contribution in [2.24, 2.45) is 0 Å². The summed E-state index contributed by atoms with van der Waals surface area (Å²) < 4.78 is 29.4. The Balaban J connectivity index is 2.68. The average molecular weight is 266 g/mol. The van der Waals surface area contributed by atoms with Gasteiger partial charge >= 0.3 is 6.61 Å². The van der Waals surface area contributed by atoms with Crippen LogP contribution < -0.4 is 10.1 Å². The van der Waals surface area contributed by atoms with E-state index in [2.05, 4.69) is 15.0 Å². The van der Waals surface area contributed by atoms with Crippen LogP contribution in [0.1, 0.15) is 25.5 Å². The molecule has 0 amide bonds. The van der Waals surface area contributed by atoms with Crippen LogP contribution in [0.15, 0.2) is 24.3 Å². The van der Waals surface area contributed by atoms with Gasteiger partial charge in [0.15, 0.2) is 5.75 Å². The van der Waals surface area contributed by atoms with Gasteiger partial charge in [-0.25, -0.2) is 4.98 Å². The van der Waals surface area contributed by atoms with Crippen molar-refractivity contribution in [2.75, 3.05) is 12.4 Å². The highest BCUT2D eigenvalue weighted by Gasteiger charge is 2.14. The number of ether oxygens (including phenoxy) is 1. The van der Waals surface area contributed by atoms with Crippen LogP contribution in [-0.4, -0.2) is 18.6 Å². The molecule has 1 N–H and O–H groups in total. The third-order valence-corrected chi connectivity index (χ3v) is 2.90. The minimum absolute atomic E-state index is 0.103. The molecule has 0 saturated heterocycles. The molecule has 0 aliphatic heterocycles. The van der Waals surface area contributed by atoms with Gasteiger partial charge in [-0.1, -0.05) is 26.0 Å². The van der Waals surface area contributed by atoms with E-state index in [1.807, 2.05) is 26.0 Å². The summed E-state index contributed by atoms with van der Waals surface area (Å²) in [5, 5.41) is 3.83. The van der Waals surface area contributed by atoms with Crippen LogP contribution in [0, 0.1) is 0 Å². The van der Waals surface area contributed by atoms with E-state index >= 15 is 0 Å². The van der Waals surface area contributed by atoms with Crippen molar-refractivity contribution in [3.05, 3.63) is 30.0 Å². The number of benzene rings is 1. The Kier molecular flexibility index (Phi) is 3.83. The molecule has 102 valence electrons. The number of fused-ring (bicyclic) bond motifs is 1. The molecule has 2 rings (SSSR count). The molecular weight excluding hydrogens is 250 g/mol. The molecule has 0 aliphatic carbocycles. The number of alkyl halides is 2. The monoisotopic (exact) mass is 266 g/mol. The van der Waals surface area contributed by atoms with Crippen molar-refractivity contribution >= 4 is 16.6 Å². The average Bonchev–Trinajstić information content (AvgIpc) is 2.37. The highest BCUT2D eigenvalue weighted by atomic mass is 19.3. The maximum Gasteiger partial charge on any atom is 0.387 e. The molecule has 0 spiro atoms. The molecule has 0 atom stereocenters. The maximum atomic E-state index is 12.4. The van der Waals surface area contributed by atoms with Gasteiger partial charge in [0.1, 0.15) is 5.52 Å². The molecule has 5 heteroatoms. The molecule has 0 aliphatic rings. The number of rotatable bonds is 4. The summed E-state index contributed by atoms with van der Waals surface area (Å²) in [5.41, 5.74) is 2.15. The van der Waals surface area contributed by atoms with Crippen LogP contribution in [0.4, 0.5) is 14.5 Å². The quantitative estimate of drug-likeness (QED) is 0.908. The highest BCUT2D eigenvalue weighted by Crippen LogP contribution is 2.32. The van der Waals surface area contributed by atoms with Gasteiger partial charge in [-0.15, -0.1) is 0 Å². The number of para-hydroxylation sites is 1. The third-order valence-electron chi connectivity index (χ3n) is 2.90. The molecule has 0 bridgehead atoms. The van der Waals surface area contributed by atoms with Crippen molar-refractivity contribution in [3.8, 4) is 5.75 Å². The number of anilines is 1. The number of nitrogens with one attached hydrogen (secondary N) is 1. The molecule has 3 nitrogen and oxygen atoms in total. The first-order valence-electron chi connectivity index (χ1n) is 6.09. The fourth-order valence-electron chi connectivity index (χ4n) is 1.94. The molecule has 0 unspecified atom stereocenters. The predicted octanol–water partition coefficient (Wildman–Crippen LogP) is 4.00. The van der Waals surface area contributed by atoms with E-state index in [1.165, 1.54) is 6.07 Å². The summed E-state index contributed by atoms with van der Waals surface area (Å²) in [6.45, 7) is 1.15. The second-order valence-corrected chi connectivity index (χ2v) is 4.53. The Morgan fingerprint density at radius 2 is 2.00 bits per heavy atom. The molecular formula is C14H16F2N2O. The second-order valence-electron chi connectivity index (χ2n) is 4.53. The number of aromatic nitrogens is 1. The number of hydrogen-bond acceptors (Lipinski definition) is 3. The summed E-state index contributed by atoms with van der Waals surface area (Å²) in [6.07, 6.45) is 0. The van der Waals surface area contributed by atoms with Crippen LogP contribution in [0.3, 0.4) is 0 Å². The Hall–Kier alpha value is -1.91. The number of hydrogen-bond donors (Lipinski definition) is 1. The van der Waals surface area contributed by atoms with Crippen LogP contribution in [0.5, 0.6) is 5.75 Å². The fraction of sp³-hybridized carbons (Fsp3) is 0.357. The fourth-order valence-corrected chi connectivity index (χ4v) is 1.94. The van der Waals surface area contributed by atoms with E-state index in [9.17, 15) is 8.78 Å². The lowest BCUT2D eigenvalue weighted by Gasteiger charge is -2.14. The largest absolute Gasteiger partial charge is 0.432 e. The lowest BCUT2D eigenvalue weighted by molar-refractivity contribution is -0.0489. The summed E-state index contributed by atoms with van der Waals surface area (Å²) in [5.74, 6) is 0.308. The van der Waals surface area contributed by atoms with Gasteiger partial charge < -0.3 is 10.1 Å². The first-order chi connectivity index (χ1) is 9.02. The van der Waals surface area contributed by atoms with Crippen molar-refractivity contribution in [1.29, 1.82) is 0 Å². The Bertz CT molecular complexity index is 585. The van der Waals surface area contributed by atoms with Crippen molar-refractivity contribution in [2.45, 2.75) is 26.4 Å². The van der Waals surface area contributed by atoms with Gasteiger partial charge in [-0.3, -0.25) is 0 Å². The van der Waals surface area contributed by atoms with Gasteiger partial charge in [0.05, 0.1) is 0 Å². The topological polar surface area (TPSA) is 34.2 Å². The predicted molar refractivity (Wildman–Crippen MR) is 72.0 cm³/mol. The normalized spacial score (nSPS) is 11.3. The highest BCUT2D eigenvalue weighted by molar-refractivity contribution is 5.95. The van der Waals surface area contributed by atoms with Crippen molar-refractivity contribution < 1.29 is 13.5 Å². The van der Waals surface area contributed by atoms with E-state index in [0.29, 0.717) is 5.52 Å². The minimum atomic E-state index is -2.85. The lowest BCUT2D eigenvalue weighted by Crippen LogP contribution is -2.04. The first kappa shape index (κ1) is 13.5. The molecule has 1 aromatic carbocycles. The van der Waals surface area contributed by atoms with Gasteiger partial charge in [-0.2, -0.15) is 8.78 Å². The maximum absolute atomic E-state index is 12.4. The van der Waals surface area contributed by atoms with E-state index in [-0.39, 0.29) is 11.7 Å². The van der Waals surface area contributed by atoms with Crippen LogP contribution in [0.2, 0.25) is 0 Å². The zero-order valence-corrected chi connectivity index (χ0v) is 11.1. The van der Waals surface area contributed by atoms with Gasteiger partial charge in [0.2, 0.25) is 0 Å². The van der Waals surface area contributed by atoms with E-state index in [4.69, 9.17) is 0 Å². The van der Waals surface area contributed by atoms with Gasteiger partial charge in [-0.05, 0) is 18.1 Å². The van der Waals surface area contributed by atoms with Crippen LogP contribution in [0.25, 0.3) is 10.9 Å². The Morgan fingerprint density at radius 3 is 2.58 bits per heavy atom. The molecule has 0 saturated carbocycles. The molecule has 1 aromatic heterocycles. The van der Waals surface area contributed by atoms with Crippen LogP contribution in [-0.2, 0) is 0 Å². The SMILES string of the molecule is CNc1cc(C(C)C)nc2c(OC(F)F)cccc12. The standard InChI is InChI=1S/C14H16F2N2O/c1-8(2)10-7-11(17-3)9-5-4-6-12(13(9)18-10)19-14(15)16/h4-8,14H,1-3H3,(H,17,18). The number of nitrogens with zero attached hydrogens (tertiary/aromatic N) is 1. The first-order valence-corrected chi connectivity index (χ1v) is 6.09. The summed E-state index contributed by atoms with van der Waals surface area (Å²) in [6, 6.07) is 6.94. The summed E-state index contributed by atoms with van der Waals surface area (Å²) in [4.78, 5) is 4.44. The number of halogens is 2. The zero-order chi connectivity index (χ0) is 14.0. The molecule has 19 heavy (non-hydrogen) atoms. The van der Waals surface area contributed by atoms with Crippen molar-refractivity contribution in [3.63, 3.8) is 0 Å². The summed E-state index contributed by atoms with van der Waals surface area (Å²) in [7, 11) is 1.79. The zero-order valence-electron chi connectivity index (χ0n) is 11.1. The van der Waals surface area contributed by atoms with Crippen LogP contribution >= 0.6 is 0 Å². The number of pyridine rings is 1.